The van der Waals surface area contributed by atoms with Gasteiger partial charge >= 0.3 is 6.09 Å². The molecule has 2 atom stereocenters. The second-order valence-corrected chi connectivity index (χ2v) is 6.43. The predicted molar refractivity (Wildman–Crippen MR) is 81.5 cm³/mol. The SMILES string of the molecule is COc1cccc([C@H]2CN(C(=O)OC(C)(C)C)C[C@@H]2N)c1. The molecule has 1 aromatic rings. The number of hydrogen-bond acceptors (Lipinski definition) is 4. The van der Waals surface area contributed by atoms with Crippen LogP contribution < -0.4 is 10.5 Å². The van der Waals surface area contributed by atoms with Gasteiger partial charge in [-0.1, -0.05) is 12.1 Å². The number of likely N-dealkylation sites (tertiary alicyclic amines) is 1. The summed E-state index contributed by atoms with van der Waals surface area (Å²) in [7, 11) is 1.64. The smallest absolute Gasteiger partial charge is 0.410 e. The van der Waals surface area contributed by atoms with Crippen LogP contribution in [0.4, 0.5) is 4.79 Å². The molecule has 1 amide bonds. The Morgan fingerprint density at radius 1 is 1.33 bits per heavy atom. The van der Waals surface area contributed by atoms with E-state index in [2.05, 4.69) is 0 Å². The molecule has 0 saturated carbocycles. The molecule has 0 unspecified atom stereocenters. The van der Waals surface area contributed by atoms with E-state index in [1.807, 2.05) is 45.0 Å². The maximum absolute atomic E-state index is 12.1. The van der Waals surface area contributed by atoms with E-state index in [1.165, 1.54) is 0 Å². The standard InChI is InChI=1S/C16H24N2O3/c1-16(2,3)21-15(19)18-9-13(14(17)10-18)11-6-5-7-12(8-11)20-4/h5-8,13-14H,9-10,17H2,1-4H3/t13-,14+/m1/s1. The van der Waals surface area contributed by atoms with Crippen LogP contribution in [0.2, 0.25) is 0 Å². The van der Waals surface area contributed by atoms with E-state index in [-0.39, 0.29) is 18.1 Å². The van der Waals surface area contributed by atoms with Gasteiger partial charge in [0.2, 0.25) is 0 Å². The Labute approximate surface area is 126 Å². The molecular weight excluding hydrogens is 268 g/mol. The number of amides is 1. The zero-order valence-electron chi connectivity index (χ0n) is 13.1. The van der Waals surface area contributed by atoms with Gasteiger partial charge in [-0.25, -0.2) is 4.79 Å². The third-order valence-electron chi connectivity index (χ3n) is 3.54. The first-order valence-corrected chi connectivity index (χ1v) is 7.17. The Hall–Kier alpha value is -1.75. The van der Waals surface area contributed by atoms with Gasteiger partial charge in [-0.05, 0) is 38.5 Å². The van der Waals surface area contributed by atoms with Crippen LogP contribution in [0.1, 0.15) is 32.3 Å². The van der Waals surface area contributed by atoms with E-state index >= 15 is 0 Å². The Balaban J connectivity index is 2.08. The van der Waals surface area contributed by atoms with E-state index < -0.39 is 5.60 Å². The lowest BCUT2D eigenvalue weighted by molar-refractivity contribution is 0.0290. The van der Waals surface area contributed by atoms with Crippen LogP contribution in [0.3, 0.4) is 0 Å². The van der Waals surface area contributed by atoms with Crippen molar-refractivity contribution in [3.63, 3.8) is 0 Å². The largest absolute Gasteiger partial charge is 0.497 e. The quantitative estimate of drug-likeness (QED) is 0.909. The molecular formula is C16H24N2O3. The highest BCUT2D eigenvalue weighted by Gasteiger charge is 2.36. The van der Waals surface area contributed by atoms with Crippen molar-refractivity contribution in [3.8, 4) is 5.75 Å². The van der Waals surface area contributed by atoms with Crippen molar-refractivity contribution >= 4 is 6.09 Å². The number of nitrogens with two attached hydrogens (primary N) is 1. The minimum absolute atomic E-state index is 0.0929. The summed E-state index contributed by atoms with van der Waals surface area (Å²) in [4.78, 5) is 13.8. The average Bonchev–Trinajstić information content (AvgIpc) is 2.79. The maximum Gasteiger partial charge on any atom is 0.410 e. The van der Waals surface area contributed by atoms with Crippen LogP contribution in [-0.2, 0) is 4.74 Å². The fourth-order valence-corrected chi connectivity index (χ4v) is 2.53. The molecule has 1 saturated heterocycles. The second-order valence-electron chi connectivity index (χ2n) is 6.43. The van der Waals surface area contributed by atoms with E-state index in [1.54, 1.807) is 12.0 Å². The number of nitrogens with zero attached hydrogens (tertiary/aromatic N) is 1. The summed E-state index contributed by atoms with van der Waals surface area (Å²) in [6, 6.07) is 7.74. The molecule has 1 aliphatic rings. The molecule has 0 spiro atoms. The third kappa shape index (κ3) is 3.88. The molecule has 21 heavy (non-hydrogen) atoms. The number of ether oxygens (including phenoxy) is 2. The van der Waals surface area contributed by atoms with Gasteiger partial charge < -0.3 is 20.1 Å². The van der Waals surface area contributed by atoms with Crippen molar-refractivity contribution in [1.82, 2.24) is 4.90 Å². The molecule has 5 heteroatoms. The Kier molecular flexibility index (Phi) is 4.42. The predicted octanol–water partition coefficient (Wildman–Crippen LogP) is 2.36. The molecule has 1 aliphatic heterocycles. The van der Waals surface area contributed by atoms with Gasteiger partial charge in [0.15, 0.2) is 0 Å². The van der Waals surface area contributed by atoms with E-state index in [9.17, 15) is 4.79 Å². The summed E-state index contributed by atoms with van der Waals surface area (Å²) in [6.07, 6.45) is -0.302. The first kappa shape index (κ1) is 15.6. The molecule has 0 aromatic heterocycles. The summed E-state index contributed by atoms with van der Waals surface area (Å²) in [5.74, 6) is 0.906. The van der Waals surface area contributed by atoms with Crippen LogP contribution in [0, 0.1) is 0 Å². The van der Waals surface area contributed by atoms with Gasteiger partial charge in [-0.3, -0.25) is 0 Å². The average molecular weight is 292 g/mol. The van der Waals surface area contributed by atoms with Crippen molar-refractivity contribution in [2.45, 2.75) is 38.3 Å². The minimum Gasteiger partial charge on any atom is -0.497 e. The van der Waals surface area contributed by atoms with Crippen LogP contribution in [0.15, 0.2) is 24.3 Å². The monoisotopic (exact) mass is 292 g/mol. The van der Waals surface area contributed by atoms with Crippen LogP contribution in [0.5, 0.6) is 5.75 Å². The van der Waals surface area contributed by atoms with Gasteiger partial charge in [0.05, 0.1) is 7.11 Å². The molecule has 2 N–H and O–H groups in total. The fourth-order valence-electron chi connectivity index (χ4n) is 2.53. The summed E-state index contributed by atoms with van der Waals surface area (Å²) in [5, 5.41) is 0. The van der Waals surface area contributed by atoms with Crippen molar-refractivity contribution in [2.24, 2.45) is 5.73 Å². The number of carbonyl (C=O) groups excluding carboxylic acids is 1. The Bertz CT molecular complexity index is 510. The van der Waals surface area contributed by atoms with Gasteiger partial charge in [0.25, 0.3) is 0 Å². The van der Waals surface area contributed by atoms with Crippen molar-refractivity contribution in [1.29, 1.82) is 0 Å². The molecule has 2 rings (SSSR count). The summed E-state index contributed by atoms with van der Waals surface area (Å²) in [5.41, 5.74) is 6.80. The highest BCUT2D eigenvalue weighted by molar-refractivity contribution is 5.69. The lowest BCUT2D eigenvalue weighted by Gasteiger charge is -2.24. The zero-order chi connectivity index (χ0) is 15.6. The van der Waals surface area contributed by atoms with Gasteiger partial charge in [0, 0.05) is 25.0 Å². The molecule has 1 aromatic carbocycles. The number of methoxy groups -OCH3 is 1. The lowest BCUT2D eigenvalue weighted by Crippen LogP contribution is -2.36. The molecule has 0 aliphatic carbocycles. The molecule has 1 heterocycles. The Morgan fingerprint density at radius 2 is 2.05 bits per heavy atom. The van der Waals surface area contributed by atoms with Crippen LogP contribution in [-0.4, -0.2) is 42.8 Å². The van der Waals surface area contributed by atoms with Crippen molar-refractivity contribution in [2.75, 3.05) is 20.2 Å². The summed E-state index contributed by atoms with van der Waals surface area (Å²) < 4.78 is 10.6. The summed E-state index contributed by atoms with van der Waals surface area (Å²) in [6.45, 7) is 6.67. The Morgan fingerprint density at radius 3 is 2.67 bits per heavy atom. The third-order valence-corrected chi connectivity index (χ3v) is 3.54. The number of hydrogen-bond donors (Lipinski definition) is 1. The van der Waals surface area contributed by atoms with Gasteiger partial charge in [-0.15, -0.1) is 0 Å². The first-order valence-electron chi connectivity index (χ1n) is 7.17. The molecule has 0 radical (unpaired) electrons. The first-order chi connectivity index (χ1) is 9.80. The minimum atomic E-state index is -0.491. The molecule has 1 fully saturated rings. The topological polar surface area (TPSA) is 64.8 Å². The highest BCUT2D eigenvalue weighted by atomic mass is 16.6. The number of carbonyl (C=O) groups is 1. The van der Waals surface area contributed by atoms with Crippen LogP contribution >= 0.6 is 0 Å². The maximum atomic E-state index is 12.1. The second kappa shape index (κ2) is 5.93. The fraction of sp³-hybridized carbons (Fsp3) is 0.562. The molecule has 0 bridgehead atoms. The highest BCUT2D eigenvalue weighted by Crippen LogP contribution is 2.29. The summed E-state index contributed by atoms with van der Waals surface area (Å²) >= 11 is 0. The van der Waals surface area contributed by atoms with Gasteiger partial charge in [0.1, 0.15) is 11.4 Å². The van der Waals surface area contributed by atoms with E-state index in [0.29, 0.717) is 13.1 Å². The van der Waals surface area contributed by atoms with E-state index in [0.717, 1.165) is 11.3 Å². The zero-order valence-corrected chi connectivity index (χ0v) is 13.1. The van der Waals surface area contributed by atoms with Crippen molar-refractivity contribution in [3.05, 3.63) is 29.8 Å². The van der Waals surface area contributed by atoms with Gasteiger partial charge in [-0.2, -0.15) is 0 Å². The van der Waals surface area contributed by atoms with E-state index in [4.69, 9.17) is 15.2 Å². The lowest BCUT2D eigenvalue weighted by atomic mass is 9.95. The van der Waals surface area contributed by atoms with Crippen LogP contribution in [0.25, 0.3) is 0 Å². The molecule has 116 valence electrons. The number of rotatable bonds is 2. The number of benzene rings is 1. The normalized spacial score (nSPS) is 22.2. The van der Waals surface area contributed by atoms with Crippen molar-refractivity contribution < 1.29 is 14.3 Å². The molecule has 5 nitrogen and oxygen atoms in total.